The van der Waals surface area contributed by atoms with Gasteiger partial charge in [-0.05, 0) is 83.3 Å². The summed E-state index contributed by atoms with van der Waals surface area (Å²) >= 11 is 0. The van der Waals surface area contributed by atoms with Crippen LogP contribution < -0.4 is 10.6 Å². The van der Waals surface area contributed by atoms with Crippen LogP contribution in [0.15, 0.2) is 122 Å². The van der Waals surface area contributed by atoms with E-state index >= 15 is 0 Å². The number of hydrogen-bond acceptors (Lipinski definition) is 14. The first-order valence-electron chi connectivity index (χ1n) is 21.3. The van der Waals surface area contributed by atoms with Gasteiger partial charge in [0.25, 0.3) is 0 Å². The highest BCUT2D eigenvalue weighted by Gasteiger charge is 2.10. The normalized spacial score (nSPS) is 10.5. The zero-order chi connectivity index (χ0) is 47.2. The van der Waals surface area contributed by atoms with Crippen molar-refractivity contribution < 1.29 is 66.7 Å². The van der Waals surface area contributed by atoms with Gasteiger partial charge in [0.2, 0.25) is 0 Å². The molecule has 0 bridgehead atoms. The molecule has 0 saturated carbocycles. The van der Waals surface area contributed by atoms with Crippen molar-refractivity contribution in [2.45, 2.75) is 38.5 Å². The smallest absolute Gasteiger partial charge is 0.411 e. The predicted molar refractivity (Wildman–Crippen MR) is 244 cm³/mol. The molecule has 0 radical (unpaired) electrons. The number of ether oxygens (including phenoxy) is 8. The zero-order valence-corrected chi connectivity index (χ0v) is 36.8. The number of nitrogens with one attached hydrogen (secondary N) is 2. The summed E-state index contributed by atoms with van der Waals surface area (Å²) in [6.07, 6.45) is 3.59. The first kappa shape index (κ1) is 51.3. The lowest BCUT2D eigenvalue weighted by molar-refractivity contribution is -0.145. The van der Waals surface area contributed by atoms with Crippen LogP contribution in [0.1, 0.15) is 46.2 Å². The Labute approximate surface area is 384 Å². The van der Waals surface area contributed by atoms with Crippen LogP contribution in [0.5, 0.6) is 0 Å². The molecule has 0 aliphatic carbocycles. The lowest BCUT2D eigenvalue weighted by Gasteiger charge is -2.10. The lowest BCUT2D eigenvalue weighted by atomic mass is 10.0. The monoisotopic (exact) mass is 908 g/mol. The molecule has 4 aromatic carbocycles. The fourth-order valence-electron chi connectivity index (χ4n) is 5.86. The SMILES string of the molecule is C=CC(=O)OCCOCCOC(=O)Cc1ccc(Cc2ccc(CC(=O)OCCCCOC(=O)Nc3ccc(Cc4ccc(NC(=O)OCCOCCOC(=O)C=C)cc4)cc3)cc2)cc1. The number of carbonyl (C=O) groups excluding carboxylic acids is 6. The Hall–Kier alpha value is -7.30. The predicted octanol–water partition coefficient (Wildman–Crippen LogP) is 7.11. The second kappa shape index (κ2) is 29.9. The van der Waals surface area contributed by atoms with Crippen LogP contribution in [-0.4, -0.2) is 102 Å². The van der Waals surface area contributed by atoms with Crippen molar-refractivity contribution in [1.29, 1.82) is 0 Å². The maximum Gasteiger partial charge on any atom is 0.411 e. The molecule has 4 rings (SSSR count). The van der Waals surface area contributed by atoms with Crippen LogP contribution in [0.4, 0.5) is 21.0 Å². The van der Waals surface area contributed by atoms with E-state index in [9.17, 15) is 28.8 Å². The van der Waals surface area contributed by atoms with Gasteiger partial charge in [-0.25, -0.2) is 19.2 Å². The molecule has 350 valence electrons. The van der Waals surface area contributed by atoms with Crippen molar-refractivity contribution in [3.63, 3.8) is 0 Å². The van der Waals surface area contributed by atoms with Crippen LogP contribution in [0.3, 0.4) is 0 Å². The van der Waals surface area contributed by atoms with E-state index in [-0.39, 0.29) is 90.8 Å². The molecule has 4 aromatic rings. The van der Waals surface area contributed by atoms with Gasteiger partial charge in [0.1, 0.15) is 26.4 Å². The fraction of sp³-hybridized carbons (Fsp3) is 0.320. The van der Waals surface area contributed by atoms with Crippen LogP contribution in [0.25, 0.3) is 0 Å². The van der Waals surface area contributed by atoms with Crippen molar-refractivity contribution in [3.05, 3.63) is 156 Å². The Morgan fingerprint density at radius 1 is 0.379 bits per heavy atom. The number of anilines is 2. The van der Waals surface area contributed by atoms with Crippen LogP contribution in [-0.2, 0) is 82.8 Å². The molecule has 0 unspecified atom stereocenters. The van der Waals surface area contributed by atoms with E-state index in [1.165, 1.54) is 0 Å². The van der Waals surface area contributed by atoms with E-state index in [1.54, 1.807) is 24.3 Å². The molecule has 2 N–H and O–H groups in total. The summed E-state index contributed by atoms with van der Waals surface area (Å²) in [5.41, 5.74) is 6.98. The van der Waals surface area contributed by atoms with Crippen molar-refractivity contribution in [3.8, 4) is 0 Å². The van der Waals surface area contributed by atoms with E-state index in [2.05, 4.69) is 23.8 Å². The van der Waals surface area contributed by atoms with E-state index in [0.717, 1.165) is 45.5 Å². The number of amides is 2. The standard InChI is InChI=1S/C50H56N2O14/c1-3-45(53)62-29-25-59-27-31-64-48(56)36-42-13-9-38(10-14-42)33-37-7-11-41(12-8-37)35-47(55)61-23-5-6-24-65-49(57)51-43-19-15-39(16-20-43)34-40-17-21-44(22-18-40)52-50(58)66-32-28-60-26-30-63-46(54)4-2/h3-4,7-22H,1-2,5-6,23-36H2,(H,51,57)(H,52,58). The van der Waals surface area contributed by atoms with Crippen LogP contribution >= 0.6 is 0 Å². The number of benzene rings is 4. The summed E-state index contributed by atoms with van der Waals surface area (Å²) in [6, 6.07) is 30.2. The minimum Gasteiger partial charge on any atom is -0.465 e. The van der Waals surface area contributed by atoms with Gasteiger partial charge in [-0.3, -0.25) is 20.2 Å². The van der Waals surface area contributed by atoms with Gasteiger partial charge < -0.3 is 37.9 Å². The summed E-state index contributed by atoms with van der Waals surface area (Å²) in [5, 5.41) is 5.37. The molecule has 0 spiro atoms. The molecule has 0 heterocycles. The molecule has 0 saturated heterocycles. The molecule has 16 heteroatoms. The summed E-state index contributed by atoms with van der Waals surface area (Å²) in [4.78, 5) is 70.9. The average Bonchev–Trinajstić information content (AvgIpc) is 3.31. The third-order valence-electron chi connectivity index (χ3n) is 9.22. The maximum absolute atomic E-state index is 12.4. The number of hydrogen-bond donors (Lipinski definition) is 2. The Morgan fingerprint density at radius 3 is 1.08 bits per heavy atom. The summed E-state index contributed by atoms with van der Waals surface area (Å²) in [7, 11) is 0. The molecule has 0 aromatic heterocycles. The molecule has 2 amide bonds. The highest BCUT2D eigenvalue weighted by molar-refractivity contribution is 5.85. The van der Waals surface area contributed by atoms with Gasteiger partial charge in [0.15, 0.2) is 0 Å². The first-order valence-corrected chi connectivity index (χ1v) is 21.3. The molecule has 0 aliphatic rings. The molecular weight excluding hydrogens is 853 g/mol. The molecule has 0 fully saturated rings. The van der Waals surface area contributed by atoms with Crippen LogP contribution in [0, 0.1) is 0 Å². The van der Waals surface area contributed by atoms with Crippen molar-refractivity contribution in [1.82, 2.24) is 0 Å². The molecular formula is C50H56N2O14. The highest BCUT2D eigenvalue weighted by atomic mass is 16.6. The van der Waals surface area contributed by atoms with Crippen molar-refractivity contribution in [2.24, 2.45) is 0 Å². The van der Waals surface area contributed by atoms with E-state index in [0.29, 0.717) is 37.1 Å². The second-order valence-corrected chi connectivity index (χ2v) is 14.4. The fourth-order valence-corrected chi connectivity index (χ4v) is 5.86. The molecule has 0 aliphatic heterocycles. The van der Waals surface area contributed by atoms with Crippen molar-refractivity contribution in [2.75, 3.05) is 76.7 Å². The Morgan fingerprint density at radius 2 is 0.682 bits per heavy atom. The number of esters is 4. The molecule has 0 atom stereocenters. The number of unbranched alkanes of at least 4 members (excludes halogenated alkanes) is 1. The number of rotatable bonds is 29. The Balaban J connectivity index is 1.01. The molecule has 66 heavy (non-hydrogen) atoms. The number of carbonyl (C=O) groups is 6. The van der Waals surface area contributed by atoms with Gasteiger partial charge in [-0.15, -0.1) is 0 Å². The summed E-state index contributed by atoms with van der Waals surface area (Å²) in [6.45, 7) is 8.05. The zero-order valence-electron chi connectivity index (χ0n) is 36.8. The van der Waals surface area contributed by atoms with Gasteiger partial charge in [-0.2, -0.15) is 0 Å². The third kappa shape index (κ3) is 21.9. The van der Waals surface area contributed by atoms with Gasteiger partial charge in [0.05, 0.1) is 52.5 Å². The third-order valence-corrected chi connectivity index (χ3v) is 9.22. The lowest BCUT2D eigenvalue weighted by Crippen LogP contribution is -2.17. The average molecular weight is 909 g/mol. The van der Waals surface area contributed by atoms with Gasteiger partial charge in [0, 0.05) is 23.5 Å². The topological polar surface area (TPSA) is 200 Å². The second-order valence-electron chi connectivity index (χ2n) is 14.4. The molecule has 16 nitrogen and oxygen atoms in total. The first-order chi connectivity index (χ1) is 32.1. The minimum absolute atomic E-state index is 0.0370. The van der Waals surface area contributed by atoms with Gasteiger partial charge >= 0.3 is 36.1 Å². The highest BCUT2D eigenvalue weighted by Crippen LogP contribution is 2.17. The van der Waals surface area contributed by atoms with Gasteiger partial charge in [-0.1, -0.05) is 86.0 Å². The van der Waals surface area contributed by atoms with E-state index in [1.807, 2.05) is 72.8 Å². The minimum atomic E-state index is -0.619. The Bertz CT molecular complexity index is 2000. The quantitative estimate of drug-likeness (QED) is 0.0242. The maximum atomic E-state index is 12.4. The van der Waals surface area contributed by atoms with E-state index < -0.39 is 24.1 Å². The Kier molecular flexibility index (Phi) is 23.3. The summed E-state index contributed by atoms with van der Waals surface area (Å²) < 4.78 is 41.0. The van der Waals surface area contributed by atoms with Crippen molar-refractivity contribution >= 4 is 47.4 Å². The van der Waals surface area contributed by atoms with E-state index in [4.69, 9.17) is 37.9 Å². The van der Waals surface area contributed by atoms with Crippen LogP contribution in [0.2, 0.25) is 0 Å². The largest absolute Gasteiger partial charge is 0.465 e. The summed E-state index contributed by atoms with van der Waals surface area (Å²) in [5.74, 6) is -1.76.